The predicted molar refractivity (Wildman–Crippen MR) is 112 cm³/mol. The van der Waals surface area contributed by atoms with E-state index in [9.17, 15) is 24.6 Å². The Balaban J connectivity index is 1.74. The van der Waals surface area contributed by atoms with E-state index >= 15 is 0 Å². The summed E-state index contributed by atoms with van der Waals surface area (Å²) < 4.78 is 6.40. The van der Waals surface area contributed by atoms with Gasteiger partial charge in [-0.15, -0.1) is 6.58 Å². The van der Waals surface area contributed by atoms with Crippen LogP contribution in [0.25, 0.3) is 0 Å². The van der Waals surface area contributed by atoms with E-state index in [-0.39, 0.29) is 31.0 Å². The van der Waals surface area contributed by atoms with E-state index in [1.54, 1.807) is 13.0 Å². The first-order valence-electron chi connectivity index (χ1n) is 11.6. The van der Waals surface area contributed by atoms with E-state index in [0.29, 0.717) is 25.8 Å². The van der Waals surface area contributed by atoms with E-state index in [2.05, 4.69) is 6.58 Å². The second-order valence-electron chi connectivity index (χ2n) is 9.75. The molecule has 0 aromatic carbocycles. The molecule has 8 nitrogen and oxygen atoms in total. The quantitative estimate of drug-likeness (QED) is 0.562. The van der Waals surface area contributed by atoms with Crippen LogP contribution in [0.5, 0.6) is 0 Å². The molecule has 1 spiro atoms. The summed E-state index contributed by atoms with van der Waals surface area (Å²) in [5, 5.41) is 19.3. The summed E-state index contributed by atoms with van der Waals surface area (Å²) >= 11 is 0. The average molecular weight is 435 g/mol. The molecule has 3 saturated heterocycles. The maximum atomic E-state index is 14.1. The molecule has 2 bridgehead atoms. The lowest BCUT2D eigenvalue weighted by Crippen LogP contribution is -2.58. The Morgan fingerprint density at radius 2 is 2.00 bits per heavy atom. The second kappa shape index (κ2) is 8.20. The normalized spacial score (nSPS) is 37.2. The van der Waals surface area contributed by atoms with Crippen molar-refractivity contribution >= 4 is 17.8 Å². The van der Waals surface area contributed by atoms with Crippen LogP contribution in [-0.4, -0.2) is 80.8 Å². The number of ether oxygens (including phenoxy) is 1. The van der Waals surface area contributed by atoms with E-state index in [1.807, 2.05) is 4.90 Å². The van der Waals surface area contributed by atoms with Gasteiger partial charge in [-0.25, -0.2) is 0 Å². The minimum atomic E-state index is -1.12. The summed E-state index contributed by atoms with van der Waals surface area (Å²) in [6.45, 7) is 6.08. The maximum absolute atomic E-state index is 14.1. The molecule has 4 aliphatic rings. The van der Waals surface area contributed by atoms with Crippen molar-refractivity contribution < 1.29 is 29.3 Å². The SMILES string of the molecule is C=CCN(C(=O)C1N(CCCO)C(=O)[C@@H]2[C@H](C(=O)O)[C@]3(C)CCC12O3)C1CCCCC1. The van der Waals surface area contributed by atoms with Crippen LogP contribution in [0.15, 0.2) is 12.7 Å². The second-order valence-corrected chi connectivity index (χ2v) is 9.75. The van der Waals surface area contributed by atoms with Crippen molar-refractivity contribution in [2.45, 2.75) is 81.6 Å². The van der Waals surface area contributed by atoms with Crippen molar-refractivity contribution in [3.63, 3.8) is 0 Å². The highest BCUT2D eigenvalue weighted by Crippen LogP contribution is 2.63. The van der Waals surface area contributed by atoms with Gasteiger partial charge in [0.25, 0.3) is 0 Å². The zero-order valence-electron chi connectivity index (χ0n) is 18.3. The molecule has 0 aromatic rings. The van der Waals surface area contributed by atoms with Gasteiger partial charge in [-0.05, 0) is 39.0 Å². The summed E-state index contributed by atoms with van der Waals surface area (Å²) in [4.78, 5) is 43.1. The Hall–Kier alpha value is -1.93. The molecule has 4 rings (SSSR count). The zero-order valence-corrected chi connectivity index (χ0v) is 18.3. The van der Waals surface area contributed by atoms with Gasteiger partial charge in [0.15, 0.2) is 0 Å². The molecule has 1 saturated carbocycles. The number of carbonyl (C=O) groups is 3. The standard InChI is InChI=1S/C23H34N2O6/c1-3-12-24(15-8-5-4-6-9-15)20(28)18-23-11-10-22(2,31-23)17(21(29)30)16(23)19(27)25(18)13-7-14-26/h3,15-18,26H,1,4-14H2,2H3,(H,29,30)/t16-,17+,18?,22-,23?/m0/s1. The minimum Gasteiger partial charge on any atom is -0.481 e. The third kappa shape index (κ3) is 3.30. The molecule has 2 amide bonds. The first-order chi connectivity index (χ1) is 14.8. The van der Waals surface area contributed by atoms with Crippen molar-refractivity contribution in [1.29, 1.82) is 0 Å². The predicted octanol–water partition coefficient (Wildman–Crippen LogP) is 1.57. The number of aliphatic hydroxyl groups excluding tert-OH is 1. The third-order valence-electron chi connectivity index (χ3n) is 7.96. The molecular formula is C23H34N2O6. The summed E-state index contributed by atoms with van der Waals surface area (Å²) in [5.74, 6) is -3.38. The van der Waals surface area contributed by atoms with Crippen molar-refractivity contribution in [2.24, 2.45) is 11.8 Å². The zero-order chi connectivity index (χ0) is 22.4. The fourth-order valence-corrected chi connectivity index (χ4v) is 6.67. The number of carbonyl (C=O) groups excluding carboxylic acids is 2. The van der Waals surface area contributed by atoms with E-state index in [1.165, 1.54) is 4.90 Å². The monoisotopic (exact) mass is 434 g/mol. The number of nitrogens with zero attached hydrogens (tertiary/aromatic N) is 2. The lowest BCUT2D eigenvalue weighted by atomic mass is 9.66. The summed E-state index contributed by atoms with van der Waals surface area (Å²) in [6.07, 6.45) is 8.17. The Morgan fingerprint density at radius 3 is 2.61 bits per heavy atom. The highest BCUT2D eigenvalue weighted by molar-refractivity contribution is 5.98. The first-order valence-corrected chi connectivity index (χ1v) is 11.6. The molecule has 2 N–H and O–H groups in total. The number of likely N-dealkylation sites (tertiary alicyclic amines) is 1. The molecule has 8 heteroatoms. The summed E-state index contributed by atoms with van der Waals surface area (Å²) in [6, 6.07) is -0.765. The fourth-order valence-electron chi connectivity index (χ4n) is 6.67. The molecule has 31 heavy (non-hydrogen) atoms. The number of rotatable bonds is 8. The van der Waals surface area contributed by atoms with Gasteiger partial charge in [0, 0.05) is 25.7 Å². The van der Waals surface area contributed by atoms with Crippen LogP contribution < -0.4 is 0 Å². The topological polar surface area (TPSA) is 107 Å². The lowest BCUT2D eigenvalue weighted by Gasteiger charge is -2.40. The number of carboxylic acids is 1. The van der Waals surface area contributed by atoms with Gasteiger partial charge in [-0.2, -0.15) is 0 Å². The molecule has 1 aliphatic carbocycles. The third-order valence-corrected chi connectivity index (χ3v) is 7.96. The highest BCUT2D eigenvalue weighted by Gasteiger charge is 2.78. The number of fused-ring (bicyclic) bond motifs is 1. The van der Waals surface area contributed by atoms with E-state index in [0.717, 1.165) is 32.1 Å². The number of hydrogen-bond acceptors (Lipinski definition) is 5. The van der Waals surface area contributed by atoms with Crippen molar-refractivity contribution in [1.82, 2.24) is 9.80 Å². The Labute approximate surface area is 183 Å². The van der Waals surface area contributed by atoms with Gasteiger partial charge >= 0.3 is 5.97 Å². The number of hydrogen-bond donors (Lipinski definition) is 2. The Bertz CT molecular complexity index is 765. The lowest BCUT2D eigenvalue weighted by molar-refractivity contribution is -0.157. The molecule has 0 radical (unpaired) electrons. The number of aliphatic carboxylic acids is 1. The van der Waals surface area contributed by atoms with Gasteiger partial charge in [0.05, 0.1) is 17.4 Å². The number of carboxylic acid groups (broad SMARTS) is 1. The molecule has 3 heterocycles. The minimum absolute atomic E-state index is 0.0916. The van der Waals surface area contributed by atoms with Gasteiger partial charge in [-0.3, -0.25) is 14.4 Å². The highest BCUT2D eigenvalue weighted by atomic mass is 16.5. The Morgan fingerprint density at radius 1 is 1.29 bits per heavy atom. The molecule has 2 unspecified atom stereocenters. The smallest absolute Gasteiger partial charge is 0.310 e. The van der Waals surface area contributed by atoms with Crippen LogP contribution in [-0.2, 0) is 19.1 Å². The fraction of sp³-hybridized carbons (Fsp3) is 0.783. The van der Waals surface area contributed by atoms with Gasteiger partial charge in [-0.1, -0.05) is 25.3 Å². The first kappa shape index (κ1) is 22.3. The van der Waals surface area contributed by atoms with Crippen LogP contribution in [0.3, 0.4) is 0 Å². The molecule has 5 atom stereocenters. The number of amides is 2. The molecule has 4 fully saturated rings. The van der Waals surface area contributed by atoms with Crippen LogP contribution in [0.1, 0.15) is 58.3 Å². The van der Waals surface area contributed by atoms with Crippen LogP contribution in [0.2, 0.25) is 0 Å². The van der Waals surface area contributed by atoms with Crippen molar-refractivity contribution in [3.8, 4) is 0 Å². The molecule has 3 aliphatic heterocycles. The molecule has 172 valence electrons. The molecule has 0 aromatic heterocycles. The van der Waals surface area contributed by atoms with Gasteiger partial charge in [0.2, 0.25) is 11.8 Å². The van der Waals surface area contributed by atoms with E-state index in [4.69, 9.17) is 4.74 Å². The largest absolute Gasteiger partial charge is 0.481 e. The maximum Gasteiger partial charge on any atom is 0.310 e. The van der Waals surface area contributed by atoms with Crippen LogP contribution >= 0.6 is 0 Å². The summed E-state index contributed by atoms with van der Waals surface area (Å²) in [7, 11) is 0. The van der Waals surface area contributed by atoms with Gasteiger partial charge < -0.3 is 24.7 Å². The van der Waals surface area contributed by atoms with Crippen LogP contribution in [0, 0.1) is 11.8 Å². The molecular weight excluding hydrogens is 400 g/mol. The van der Waals surface area contributed by atoms with E-state index < -0.39 is 35.0 Å². The van der Waals surface area contributed by atoms with Crippen molar-refractivity contribution in [2.75, 3.05) is 19.7 Å². The van der Waals surface area contributed by atoms with Crippen molar-refractivity contribution in [3.05, 3.63) is 12.7 Å². The number of aliphatic hydroxyl groups is 1. The summed E-state index contributed by atoms with van der Waals surface area (Å²) in [5.41, 5.74) is -2.06. The van der Waals surface area contributed by atoms with Crippen LogP contribution in [0.4, 0.5) is 0 Å². The average Bonchev–Trinajstić information content (AvgIpc) is 3.31. The Kier molecular flexibility index (Phi) is 5.89. The van der Waals surface area contributed by atoms with Gasteiger partial charge in [0.1, 0.15) is 11.6 Å².